The minimum atomic E-state index is 0.775. The van der Waals surface area contributed by atoms with Crippen LogP contribution in [0.5, 0.6) is 0 Å². The molecule has 0 aliphatic carbocycles. The molecule has 0 saturated carbocycles. The second kappa shape index (κ2) is 4.93. The van der Waals surface area contributed by atoms with Crippen molar-refractivity contribution in [2.45, 2.75) is 13.3 Å². The summed E-state index contributed by atoms with van der Waals surface area (Å²) in [7, 11) is 1.85. The molecule has 1 N–H and O–H groups in total. The summed E-state index contributed by atoms with van der Waals surface area (Å²) in [5.74, 6) is 1.59. The molecule has 0 bridgehead atoms. The van der Waals surface area contributed by atoms with Crippen LogP contribution in [0.3, 0.4) is 0 Å². The highest BCUT2D eigenvalue weighted by molar-refractivity contribution is 9.10. The molecule has 0 aliphatic heterocycles. The van der Waals surface area contributed by atoms with Gasteiger partial charge in [0, 0.05) is 18.1 Å². The number of aromatic nitrogens is 2. The molecule has 16 heavy (non-hydrogen) atoms. The van der Waals surface area contributed by atoms with Crippen molar-refractivity contribution in [3.8, 4) is 10.7 Å². The lowest BCUT2D eigenvalue weighted by Crippen LogP contribution is -1.96. The molecule has 5 heteroatoms. The van der Waals surface area contributed by atoms with Crippen LogP contribution >= 0.6 is 27.3 Å². The lowest BCUT2D eigenvalue weighted by Gasteiger charge is -2.03. The molecular weight excluding hydrogens is 286 g/mol. The van der Waals surface area contributed by atoms with Gasteiger partial charge in [0.25, 0.3) is 0 Å². The summed E-state index contributed by atoms with van der Waals surface area (Å²) in [6.07, 6.45) is 2.83. The Labute approximate surface area is 107 Å². The summed E-state index contributed by atoms with van der Waals surface area (Å²) in [4.78, 5) is 11.2. The van der Waals surface area contributed by atoms with Gasteiger partial charge in [-0.1, -0.05) is 6.92 Å². The number of nitrogens with one attached hydrogen (secondary N) is 1. The molecule has 3 nitrogen and oxygen atoms in total. The van der Waals surface area contributed by atoms with Crippen LogP contribution < -0.4 is 5.32 Å². The molecule has 0 saturated heterocycles. The number of rotatable bonds is 3. The average Bonchev–Trinajstić information content (AvgIpc) is 2.78. The Hall–Kier alpha value is -0.940. The number of hydrogen-bond acceptors (Lipinski definition) is 4. The van der Waals surface area contributed by atoms with Crippen LogP contribution in [0.15, 0.2) is 22.8 Å². The normalized spacial score (nSPS) is 10.4. The van der Waals surface area contributed by atoms with Gasteiger partial charge in [-0.05, 0) is 34.5 Å². The van der Waals surface area contributed by atoms with E-state index in [4.69, 9.17) is 0 Å². The first-order valence-corrected chi connectivity index (χ1v) is 6.65. The van der Waals surface area contributed by atoms with Crippen molar-refractivity contribution in [1.82, 2.24) is 9.97 Å². The topological polar surface area (TPSA) is 37.8 Å². The minimum absolute atomic E-state index is 0.775. The number of nitrogens with zero attached hydrogens (tertiary/aromatic N) is 2. The molecular formula is C11H12BrN3S. The third-order valence-electron chi connectivity index (χ3n) is 2.21. The number of hydrogen-bond donors (Lipinski definition) is 1. The van der Waals surface area contributed by atoms with Gasteiger partial charge in [-0.3, -0.25) is 0 Å². The van der Waals surface area contributed by atoms with E-state index in [0.29, 0.717) is 0 Å². The van der Waals surface area contributed by atoms with E-state index in [1.807, 2.05) is 7.05 Å². The lowest BCUT2D eigenvalue weighted by atomic mass is 10.3. The average molecular weight is 298 g/mol. The van der Waals surface area contributed by atoms with Gasteiger partial charge in [-0.25, -0.2) is 9.97 Å². The van der Waals surface area contributed by atoms with Crippen molar-refractivity contribution in [2.24, 2.45) is 0 Å². The summed E-state index contributed by atoms with van der Waals surface area (Å²) in [5.41, 5.74) is 0. The predicted molar refractivity (Wildman–Crippen MR) is 72.0 cm³/mol. The molecule has 0 aliphatic rings. The van der Waals surface area contributed by atoms with E-state index in [-0.39, 0.29) is 0 Å². The molecule has 0 spiro atoms. The molecule has 0 amide bonds. The Kier molecular flexibility index (Phi) is 3.56. The van der Waals surface area contributed by atoms with Gasteiger partial charge in [0.2, 0.25) is 0 Å². The summed E-state index contributed by atoms with van der Waals surface area (Å²) < 4.78 is 0.881. The van der Waals surface area contributed by atoms with Crippen LogP contribution in [-0.4, -0.2) is 17.0 Å². The van der Waals surface area contributed by atoms with E-state index in [1.165, 1.54) is 4.88 Å². The first kappa shape index (κ1) is 11.5. The van der Waals surface area contributed by atoms with Crippen LogP contribution in [0, 0.1) is 0 Å². The fourth-order valence-electron chi connectivity index (χ4n) is 1.35. The van der Waals surface area contributed by atoms with Gasteiger partial charge < -0.3 is 5.32 Å². The van der Waals surface area contributed by atoms with Crippen LogP contribution in [0.2, 0.25) is 0 Å². The number of thiophene rings is 1. The molecule has 0 aromatic carbocycles. The van der Waals surface area contributed by atoms with Crippen LogP contribution in [0.4, 0.5) is 5.82 Å². The highest BCUT2D eigenvalue weighted by Crippen LogP contribution is 2.28. The van der Waals surface area contributed by atoms with Crippen LogP contribution in [-0.2, 0) is 6.42 Å². The van der Waals surface area contributed by atoms with Crippen molar-refractivity contribution >= 4 is 33.1 Å². The van der Waals surface area contributed by atoms with Gasteiger partial charge in [0.15, 0.2) is 5.82 Å². The maximum absolute atomic E-state index is 4.45. The van der Waals surface area contributed by atoms with Crippen molar-refractivity contribution in [3.05, 3.63) is 27.7 Å². The molecule has 2 aromatic heterocycles. The highest BCUT2D eigenvalue weighted by atomic mass is 79.9. The quantitative estimate of drug-likeness (QED) is 0.941. The Morgan fingerprint density at radius 3 is 2.88 bits per heavy atom. The van der Waals surface area contributed by atoms with Crippen LogP contribution in [0.1, 0.15) is 11.8 Å². The highest BCUT2D eigenvalue weighted by Gasteiger charge is 2.07. The van der Waals surface area contributed by atoms with Gasteiger partial charge >= 0.3 is 0 Å². The zero-order chi connectivity index (χ0) is 11.5. The zero-order valence-electron chi connectivity index (χ0n) is 9.12. The second-order valence-corrected chi connectivity index (χ2v) is 5.28. The molecule has 2 rings (SSSR count). The van der Waals surface area contributed by atoms with Gasteiger partial charge in [0.05, 0.1) is 9.35 Å². The predicted octanol–water partition coefficient (Wildman–Crippen LogP) is 3.57. The first-order valence-electron chi connectivity index (χ1n) is 5.04. The molecule has 0 atom stereocenters. The molecule has 0 radical (unpaired) electrons. The Morgan fingerprint density at radius 2 is 2.25 bits per heavy atom. The van der Waals surface area contributed by atoms with Gasteiger partial charge in [-0.15, -0.1) is 11.3 Å². The maximum Gasteiger partial charge on any atom is 0.171 e. The van der Waals surface area contributed by atoms with E-state index < -0.39 is 0 Å². The maximum atomic E-state index is 4.45. The molecule has 2 aromatic rings. The van der Waals surface area contributed by atoms with Crippen LogP contribution in [0.25, 0.3) is 10.7 Å². The molecule has 0 fully saturated rings. The first-order chi connectivity index (χ1) is 7.74. The fraction of sp³-hybridized carbons (Fsp3) is 0.273. The summed E-state index contributed by atoms with van der Waals surface area (Å²) in [6.45, 7) is 2.15. The van der Waals surface area contributed by atoms with Crippen molar-refractivity contribution in [3.63, 3.8) is 0 Å². The Bertz CT molecular complexity index is 496. The summed E-state index contributed by atoms with van der Waals surface area (Å²) >= 11 is 5.14. The minimum Gasteiger partial charge on any atom is -0.372 e. The lowest BCUT2D eigenvalue weighted by molar-refractivity contribution is 1.16. The molecule has 2 heterocycles. The summed E-state index contributed by atoms with van der Waals surface area (Å²) in [6, 6.07) is 4.20. The van der Waals surface area contributed by atoms with Gasteiger partial charge in [0.1, 0.15) is 5.82 Å². The SMILES string of the molecule is CCc1ccc(-c2ncc(Br)c(NC)n2)s1. The zero-order valence-corrected chi connectivity index (χ0v) is 11.5. The fourth-order valence-corrected chi connectivity index (χ4v) is 2.63. The second-order valence-electron chi connectivity index (χ2n) is 3.26. The van der Waals surface area contributed by atoms with E-state index >= 15 is 0 Å². The molecule has 84 valence electrons. The standard InChI is InChI=1S/C11H12BrN3S/c1-3-7-4-5-9(16-7)11-14-6-8(12)10(13-2)15-11/h4-6H,3H2,1-2H3,(H,13,14,15). The van der Waals surface area contributed by atoms with E-state index in [2.05, 4.69) is 50.3 Å². The number of anilines is 1. The number of aryl methyl sites for hydroxylation is 1. The Balaban J connectivity index is 2.40. The monoisotopic (exact) mass is 297 g/mol. The number of halogens is 1. The van der Waals surface area contributed by atoms with Crippen molar-refractivity contribution in [1.29, 1.82) is 0 Å². The molecule has 0 unspecified atom stereocenters. The van der Waals surface area contributed by atoms with E-state index in [9.17, 15) is 0 Å². The van der Waals surface area contributed by atoms with Crippen molar-refractivity contribution in [2.75, 3.05) is 12.4 Å². The largest absolute Gasteiger partial charge is 0.372 e. The van der Waals surface area contributed by atoms with E-state index in [0.717, 1.165) is 27.4 Å². The third kappa shape index (κ3) is 2.25. The third-order valence-corrected chi connectivity index (χ3v) is 4.02. The van der Waals surface area contributed by atoms with Gasteiger partial charge in [-0.2, -0.15) is 0 Å². The summed E-state index contributed by atoms with van der Waals surface area (Å²) in [5, 5.41) is 3.03. The van der Waals surface area contributed by atoms with E-state index in [1.54, 1.807) is 17.5 Å². The Morgan fingerprint density at radius 1 is 1.44 bits per heavy atom. The van der Waals surface area contributed by atoms with Crippen molar-refractivity contribution < 1.29 is 0 Å². The smallest absolute Gasteiger partial charge is 0.171 e.